The topological polar surface area (TPSA) is 61.9 Å². The van der Waals surface area contributed by atoms with Crippen molar-refractivity contribution < 1.29 is 31.9 Å². The van der Waals surface area contributed by atoms with E-state index >= 15 is 0 Å². The number of para-hydroxylation sites is 1. The van der Waals surface area contributed by atoms with Crippen LogP contribution in [-0.2, 0) is 0 Å². The van der Waals surface area contributed by atoms with Gasteiger partial charge in [0.05, 0.1) is 11.1 Å². The molecule has 10 heteroatoms. The van der Waals surface area contributed by atoms with Gasteiger partial charge in [-0.1, -0.05) is 12.1 Å². The second kappa shape index (κ2) is 5.78. The minimum atomic E-state index is -4.70. The maximum Gasteiger partial charge on any atom is 0.461 e. The Hall–Kier alpha value is -2.52. The normalized spacial score (nSPS) is 19.2. The van der Waals surface area contributed by atoms with E-state index in [1.165, 1.54) is 28.0 Å². The SMILES string of the molecule is CN1C(=O)NCC12CN(C(=O)c1ccccc1OC(F)(F)C(F)F)C2. The molecule has 2 saturated heterocycles. The summed E-state index contributed by atoms with van der Waals surface area (Å²) in [7, 11) is 1.60. The number of carbonyl (C=O) groups is 2. The van der Waals surface area contributed by atoms with Gasteiger partial charge in [-0.2, -0.15) is 17.6 Å². The number of hydrogen-bond acceptors (Lipinski definition) is 3. The Balaban J connectivity index is 1.75. The van der Waals surface area contributed by atoms with E-state index in [0.29, 0.717) is 6.54 Å². The Labute approximate surface area is 140 Å². The lowest BCUT2D eigenvalue weighted by Crippen LogP contribution is -2.70. The second-order valence-corrected chi connectivity index (χ2v) is 6.06. The Morgan fingerprint density at radius 1 is 1.32 bits per heavy atom. The first-order chi connectivity index (χ1) is 11.7. The minimum Gasteiger partial charge on any atom is -0.427 e. The number of nitrogens with zero attached hydrogens (tertiary/aromatic N) is 2. The molecule has 1 aromatic rings. The third-order valence-electron chi connectivity index (χ3n) is 4.46. The van der Waals surface area contributed by atoms with Gasteiger partial charge in [0.25, 0.3) is 5.91 Å². The van der Waals surface area contributed by atoms with Crippen molar-refractivity contribution in [2.75, 3.05) is 26.7 Å². The molecule has 0 saturated carbocycles. The summed E-state index contributed by atoms with van der Waals surface area (Å²) < 4.78 is 55.1. The molecular formula is C15H15F4N3O3. The number of halogens is 4. The fourth-order valence-corrected chi connectivity index (χ4v) is 2.92. The van der Waals surface area contributed by atoms with Crippen molar-refractivity contribution >= 4 is 11.9 Å². The van der Waals surface area contributed by atoms with Crippen LogP contribution in [0.2, 0.25) is 0 Å². The summed E-state index contributed by atoms with van der Waals surface area (Å²) in [6.45, 7) is 0.787. The molecule has 25 heavy (non-hydrogen) atoms. The molecule has 0 bridgehead atoms. The summed E-state index contributed by atoms with van der Waals surface area (Å²) in [6, 6.07) is 4.73. The zero-order valence-electron chi connectivity index (χ0n) is 13.1. The highest BCUT2D eigenvalue weighted by Gasteiger charge is 2.54. The number of alkyl halides is 4. The Kier molecular flexibility index (Phi) is 4.00. The molecule has 2 aliphatic rings. The molecule has 2 fully saturated rings. The molecule has 0 aromatic heterocycles. The number of urea groups is 1. The van der Waals surface area contributed by atoms with Gasteiger partial charge < -0.3 is 19.9 Å². The highest BCUT2D eigenvalue weighted by Crippen LogP contribution is 2.34. The van der Waals surface area contributed by atoms with Gasteiger partial charge >= 0.3 is 18.6 Å². The van der Waals surface area contributed by atoms with Gasteiger partial charge in [0.1, 0.15) is 5.75 Å². The third kappa shape index (κ3) is 2.85. The lowest BCUT2D eigenvalue weighted by Gasteiger charge is -2.50. The monoisotopic (exact) mass is 361 g/mol. The van der Waals surface area contributed by atoms with Gasteiger partial charge in [0, 0.05) is 26.7 Å². The molecule has 1 N–H and O–H groups in total. The van der Waals surface area contributed by atoms with E-state index in [-0.39, 0.29) is 24.7 Å². The van der Waals surface area contributed by atoms with E-state index in [2.05, 4.69) is 10.1 Å². The molecular weight excluding hydrogens is 346 g/mol. The van der Waals surface area contributed by atoms with Crippen LogP contribution in [0.4, 0.5) is 22.4 Å². The van der Waals surface area contributed by atoms with Crippen molar-refractivity contribution in [3.05, 3.63) is 29.8 Å². The molecule has 136 valence electrons. The maximum atomic E-state index is 13.2. The van der Waals surface area contributed by atoms with E-state index in [9.17, 15) is 27.2 Å². The summed E-state index contributed by atoms with van der Waals surface area (Å²) in [6.07, 6.45) is -8.72. The van der Waals surface area contributed by atoms with Gasteiger partial charge in [-0.3, -0.25) is 4.79 Å². The van der Waals surface area contributed by atoms with Crippen LogP contribution in [0.1, 0.15) is 10.4 Å². The van der Waals surface area contributed by atoms with Crippen LogP contribution in [0.5, 0.6) is 5.75 Å². The van der Waals surface area contributed by atoms with E-state index in [4.69, 9.17) is 0 Å². The fourth-order valence-electron chi connectivity index (χ4n) is 2.92. The van der Waals surface area contributed by atoms with E-state index in [1.807, 2.05) is 0 Å². The van der Waals surface area contributed by atoms with Gasteiger partial charge in [0.15, 0.2) is 0 Å². The van der Waals surface area contributed by atoms with Gasteiger partial charge in [-0.15, -0.1) is 0 Å². The van der Waals surface area contributed by atoms with Crippen LogP contribution in [-0.4, -0.2) is 66.5 Å². The lowest BCUT2D eigenvalue weighted by atomic mass is 9.89. The average molecular weight is 361 g/mol. The minimum absolute atomic E-state index is 0.209. The number of ether oxygens (including phenoxy) is 1. The van der Waals surface area contributed by atoms with Crippen molar-refractivity contribution in [1.29, 1.82) is 0 Å². The number of hydrogen-bond donors (Lipinski definition) is 1. The predicted octanol–water partition coefficient (Wildman–Crippen LogP) is 1.77. The van der Waals surface area contributed by atoms with Crippen LogP contribution in [0.25, 0.3) is 0 Å². The maximum absolute atomic E-state index is 13.2. The van der Waals surface area contributed by atoms with Gasteiger partial charge in [-0.25, -0.2) is 4.79 Å². The van der Waals surface area contributed by atoms with Crippen molar-refractivity contribution in [3.63, 3.8) is 0 Å². The number of rotatable bonds is 4. The molecule has 6 nitrogen and oxygen atoms in total. The fraction of sp³-hybridized carbons (Fsp3) is 0.467. The first-order valence-electron chi connectivity index (χ1n) is 7.41. The molecule has 1 aromatic carbocycles. The Morgan fingerprint density at radius 2 is 1.96 bits per heavy atom. The standard InChI is InChI=1S/C15H15F4N3O3/c1-21-13(24)20-6-14(21)7-22(8-14)11(23)9-4-2-3-5-10(9)25-15(18,19)12(16)17/h2-5,12H,6-8H2,1H3,(H,20,24). The summed E-state index contributed by atoms with van der Waals surface area (Å²) in [5.41, 5.74) is -0.771. The number of amides is 3. The number of carbonyl (C=O) groups excluding carboxylic acids is 2. The molecule has 0 aliphatic carbocycles. The quantitative estimate of drug-likeness (QED) is 0.832. The lowest BCUT2D eigenvalue weighted by molar-refractivity contribution is -0.253. The van der Waals surface area contributed by atoms with Crippen LogP contribution in [0.15, 0.2) is 24.3 Å². The number of benzene rings is 1. The second-order valence-electron chi connectivity index (χ2n) is 6.06. The molecule has 2 aliphatic heterocycles. The van der Waals surface area contributed by atoms with E-state index in [1.54, 1.807) is 7.05 Å². The summed E-state index contributed by atoms with van der Waals surface area (Å²) in [5, 5.41) is 2.66. The van der Waals surface area contributed by atoms with Crippen LogP contribution < -0.4 is 10.1 Å². The zero-order chi connectivity index (χ0) is 18.4. The van der Waals surface area contributed by atoms with Crippen molar-refractivity contribution in [2.45, 2.75) is 18.1 Å². The van der Waals surface area contributed by atoms with Crippen LogP contribution in [0.3, 0.4) is 0 Å². The van der Waals surface area contributed by atoms with Crippen molar-refractivity contribution in [2.24, 2.45) is 0 Å². The average Bonchev–Trinajstić information content (AvgIpc) is 2.81. The van der Waals surface area contributed by atoms with Gasteiger partial charge in [-0.05, 0) is 12.1 Å². The van der Waals surface area contributed by atoms with E-state index < -0.39 is 29.7 Å². The molecule has 3 amide bonds. The zero-order valence-corrected chi connectivity index (χ0v) is 13.1. The summed E-state index contributed by atoms with van der Waals surface area (Å²) >= 11 is 0. The molecule has 3 rings (SSSR count). The molecule has 0 atom stereocenters. The largest absolute Gasteiger partial charge is 0.461 e. The Morgan fingerprint density at radius 3 is 2.52 bits per heavy atom. The van der Waals surface area contributed by atoms with Crippen LogP contribution in [0, 0.1) is 0 Å². The molecule has 2 heterocycles. The molecule has 0 radical (unpaired) electrons. The first kappa shape index (κ1) is 17.3. The summed E-state index contributed by atoms with van der Waals surface area (Å²) in [5.74, 6) is -1.24. The van der Waals surface area contributed by atoms with Crippen molar-refractivity contribution in [3.8, 4) is 5.75 Å². The summed E-state index contributed by atoms with van der Waals surface area (Å²) in [4.78, 5) is 26.9. The number of likely N-dealkylation sites (tertiary alicyclic amines) is 1. The number of nitrogens with one attached hydrogen (secondary N) is 1. The van der Waals surface area contributed by atoms with E-state index in [0.717, 1.165) is 6.07 Å². The highest BCUT2D eigenvalue weighted by molar-refractivity contribution is 5.98. The predicted molar refractivity (Wildman–Crippen MR) is 77.8 cm³/mol. The smallest absolute Gasteiger partial charge is 0.427 e. The molecule has 1 spiro atoms. The van der Waals surface area contributed by atoms with Gasteiger partial charge in [0.2, 0.25) is 0 Å². The first-order valence-corrected chi connectivity index (χ1v) is 7.41. The third-order valence-corrected chi connectivity index (χ3v) is 4.46. The molecule has 0 unspecified atom stereocenters. The highest BCUT2D eigenvalue weighted by atomic mass is 19.3. The number of likely N-dealkylation sites (N-methyl/N-ethyl adjacent to an activating group) is 1. The Bertz CT molecular complexity index is 707. The van der Waals surface area contributed by atoms with Crippen LogP contribution >= 0.6 is 0 Å². The van der Waals surface area contributed by atoms with Crippen molar-refractivity contribution in [1.82, 2.24) is 15.1 Å².